The first-order valence-corrected chi connectivity index (χ1v) is 10.0. The van der Waals surface area contributed by atoms with Crippen LogP contribution < -0.4 is 4.74 Å². The zero-order chi connectivity index (χ0) is 18.0. The molecule has 1 atom stereocenters. The zero-order valence-electron chi connectivity index (χ0n) is 13.9. The molecule has 4 rings (SSSR count). The number of sulfone groups is 1. The summed E-state index contributed by atoms with van der Waals surface area (Å²) in [6.07, 6.45) is 5.24. The molecule has 1 aliphatic rings. The van der Waals surface area contributed by atoms with E-state index in [0.29, 0.717) is 29.5 Å². The number of ether oxygens (including phenoxy) is 1. The van der Waals surface area contributed by atoms with Gasteiger partial charge in [0.25, 0.3) is 0 Å². The highest BCUT2D eigenvalue weighted by molar-refractivity contribution is 7.91. The molecule has 2 aromatic heterocycles. The summed E-state index contributed by atoms with van der Waals surface area (Å²) in [4.78, 5) is 12.9. The van der Waals surface area contributed by atoms with Gasteiger partial charge in [-0.1, -0.05) is 18.2 Å². The molecule has 26 heavy (non-hydrogen) atoms. The van der Waals surface area contributed by atoms with Crippen LogP contribution in [-0.4, -0.2) is 44.7 Å². The topological polar surface area (TPSA) is 99.9 Å². The molecule has 0 bridgehead atoms. The summed E-state index contributed by atoms with van der Waals surface area (Å²) in [7, 11) is -3.04. The van der Waals surface area contributed by atoms with Crippen molar-refractivity contribution < 1.29 is 13.2 Å². The number of hydrogen-bond acceptors (Lipinski definition) is 7. The third kappa shape index (κ3) is 3.57. The summed E-state index contributed by atoms with van der Waals surface area (Å²) in [5.41, 5.74) is 0.551. The van der Waals surface area contributed by atoms with Crippen LogP contribution in [-0.2, 0) is 16.4 Å². The molecule has 8 nitrogen and oxygen atoms in total. The SMILES string of the molecule is O=S1(=O)CC[C@H](n2nc(COc3ccccc3)nc2-c2cnccn2)C1. The molecule has 0 spiro atoms. The third-order valence-corrected chi connectivity index (χ3v) is 5.88. The van der Waals surface area contributed by atoms with Gasteiger partial charge in [-0.3, -0.25) is 4.98 Å². The first kappa shape index (κ1) is 16.6. The Morgan fingerprint density at radius 2 is 2.04 bits per heavy atom. The number of nitrogens with zero attached hydrogens (tertiary/aromatic N) is 5. The first-order chi connectivity index (χ1) is 12.6. The van der Waals surface area contributed by atoms with Crippen molar-refractivity contribution in [3.8, 4) is 17.3 Å². The Kier molecular flexibility index (Phi) is 4.37. The molecule has 9 heteroatoms. The van der Waals surface area contributed by atoms with Crippen molar-refractivity contribution in [3.63, 3.8) is 0 Å². The summed E-state index contributed by atoms with van der Waals surface area (Å²) >= 11 is 0. The number of hydrogen-bond donors (Lipinski definition) is 0. The highest BCUT2D eigenvalue weighted by atomic mass is 32.2. The molecule has 3 aromatic rings. The molecule has 1 fully saturated rings. The van der Waals surface area contributed by atoms with Crippen LogP contribution >= 0.6 is 0 Å². The smallest absolute Gasteiger partial charge is 0.188 e. The van der Waals surface area contributed by atoms with Crippen LogP contribution in [0.4, 0.5) is 0 Å². The summed E-state index contributed by atoms with van der Waals surface area (Å²) in [6, 6.07) is 9.13. The van der Waals surface area contributed by atoms with E-state index < -0.39 is 9.84 Å². The van der Waals surface area contributed by atoms with Gasteiger partial charge >= 0.3 is 0 Å². The van der Waals surface area contributed by atoms with E-state index in [1.165, 1.54) is 0 Å². The maximum atomic E-state index is 11.9. The Morgan fingerprint density at radius 3 is 2.73 bits per heavy atom. The number of para-hydroxylation sites is 1. The van der Waals surface area contributed by atoms with Crippen LogP contribution in [0.5, 0.6) is 5.75 Å². The summed E-state index contributed by atoms with van der Waals surface area (Å²) < 4.78 is 31.1. The molecule has 0 amide bonds. The predicted molar refractivity (Wildman–Crippen MR) is 94.1 cm³/mol. The minimum atomic E-state index is -3.04. The van der Waals surface area contributed by atoms with E-state index in [1.54, 1.807) is 23.3 Å². The highest BCUT2D eigenvalue weighted by Crippen LogP contribution is 2.27. The largest absolute Gasteiger partial charge is 0.486 e. The van der Waals surface area contributed by atoms with Crippen molar-refractivity contribution >= 4 is 9.84 Å². The van der Waals surface area contributed by atoms with Crippen LogP contribution in [0.3, 0.4) is 0 Å². The lowest BCUT2D eigenvalue weighted by Crippen LogP contribution is -2.14. The number of aromatic nitrogens is 5. The van der Waals surface area contributed by atoms with Gasteiger partial charge in [-0.05, 0) is 18.6 Å². The van der Waals surface area contributed by atoms with E-state index in [2.05, 4.69) is 20.1 Å². The standard InChI is InChI=1S/C17H17N5O3S/c23-26(24)9-6-13(12-26)22-17(15-10-18-7-8-19-15)20-16(21-22)11-25-14-4-2-1-3-5-14/h1-5,7-8,10,13H,6,9,11-12H2/t13-/m0/s1. The fourth-order valence-electron chi connectivity index (χ4n) is 2.91. The number of benzene rings is 1. The van der Waals surface area contributed by atoms with Crippen LogP contribution in [0.1, 0.15) is 18.3 Å². The fraction of sp³-hybridized carbons (Fsp3) is 0.294. The molecule has 0 radical (unpaired) electrons. The molecule has 1 saturated heterocycles. The quantitative estimate of drug-likeness (QED) is 0.672. The summed E-state index contributed by atoms with van der Waals surface area (Å²) in [6.45, 7) is 0.184. The molecule has 0 unspecified atom stereocenters. The highest BCUT2D eigenvalue weighted by Gasteiger charge is 2.32. The van der Waals surface area contributed by atoms with E-state index in [9.17, 15) is 8.42 Å². The summed E-state index contributed by atoms with van der Waals surface area (Å²) in [5, 5.41) is 4.50. The molecule has 0 saturated carbocycles. The van der Waals surface area contributed by atoms with Gasteiger partial charge in [0.1, 0.15) is 18.1 Å². The Bertz CT molecular complexity index is 990. The minimum Gasteiger partial charge on any atom is -0.486 e. The van der Waals surface area contributed by atoms with Crippen molar-refractivity contribution in [2.75, 3.05) is 11.5 Å². The van der Waals surface area contributed by atoms with E-state index in [1.807, 2.05) is 30.3 Å². The van der Waals surface area contributed by atoms with Crippen molar-refractivity contribution in [1.82, 2.24) is 24.7 Å². The van der Waals surface area contributed by atoms with Crippen molar-refractivity contribution in [3.05, 3.63) is 54.7 Å². The summed E-state index contributed by atoms with van der Waals surface area (Å²) in [5.74, 6) is 1.91. The monoisotopic (exact) mass is 371 g/mol. The lowest BCUT2D eigenvalue weighted by atomic mass is 10.2. The Balaban J connectivity index is 1.64. The van der Waals surface area contributed by atoms with Gasteiger partial charge in [0.2, 0.25) is 0 Å². The molecule has 1 aromatic carbocycles. The zero-order valence-corrected chi connectivity index (χ0v) is 14.7. The fourth-order valence-corrected chi connectivity index (χ4v) is 4.60. The normalized spacial score (nSPS) is 18.7. The van der Waals surface area contributed by atoms with E-state index in [0.717, 1.165) is 0 Å². The van der Waals surface area contributed by atoms with Crippen molar-refractivity contribution in [1.29, 1.82) is 0 Å². The molecule has 1 aliphatic heterocycles. The van der Waals surface area contributed by atoms with Crippen LogP contribution in [0, 0.1) is 0 Å². The van der Waals surface area contributed by atoms with Crippen molar-refractivity contribution in [2.24, 2.45) is 0 Å². The van der Waals surface area contributed by atoms with Crippen molar-refractivity contribution in [2.45, 2.75) is 19.1 Å². The van der Waals surface area contributed by atoms with Gasteiger partial charge in [0.15, 0.2) is 21.5 Å². The van der Waals surface area contributed by atoms with E-state index in [-0.39, 0.29) is 24.2 Å². The average Bonchev–Trinajstić information content (AvgIpc) is 3.24. The first-order valence-electron chi connectivity index (χ1n) is 8.21. The molecule has 0 N–H and O–H groups in total. The van der Waals surface area contributed by atoms with Gasteiger partial charge in [0, 0.05) is 12.4 Å². The Morgan fingerprint density at radius 1 is 1.19 bits per heavy atom. The second-order valence-corrected chi connectivity index (χ2v) is 8.27. The lowest BCUT2D eigenvalue weighted by Gasteiger charge is -2.10. The van der Waals surface area contributed by atoms with E-state index >= 15 is 0 Å². The second-order valence-electron chi connectivity index (χ2n) is 6.05. The predicted octanol–water partition coefficient (Wildman–Crippen LogP) is 1.67. The van der Waals surface area contributed by atoms with Gasteiger partial charge in [-0.15, -0.1) is 0 Å². The van der Waals surface area contributed by atoms with Gasteiger partial charge in [-0.25, -0.2) is 23.1 Å². The van der Waals surface area contributed by atoms with Gasteiger partial charge in [0.05, 0.1) is 23.7 Å². The third-order valence-electron chi connectivity index (χ3n) is 4.13. The molecule has 3 heterocycles. The average molecular weight is 371 g/mol. The second kappa shape index (κ2) is 6.83. The Hall–Kier alpha value is -2.81. The van der Waals surface area contributed by atoms with Crippen LogP contribution in [0.15, 0.2) is 48.9 Å². The maximum Gasteiger partial charge on any atom is 0.188 e. The molecule has 134 valence electrons. The maximum absolute atomic E-state index is 11.9. The minimum absolute atomic E-state index is 0.0581. The van der Waals surface area contributed by atoms with Gasteiger partial charge < -0.3 is 4.74 Å². The molecule has 0 aliphatic carbocycles. The number of rotatable bonds is 5. The van der Waals surface area contributed by atoms with Gasteiger partial charge in [-0.2, -0.15) is 5.10 Å². The lowest BCUT2D eigenvalue weighted by molar-refractivity contribution is 0.294. The Labute approximate surface area is 150 Å². The van der Waals surface area contributed by atoms with Crippen LogP contribution in [0.2, 0.25) is 0 Å². The van der Waals surface area contributed by atoms with Crippen LogP contribution in [0.25, 0.3) is 11.5 Å². The molecular formula is C17H17N5O3S. The van der Waals surface area contributed by atoms with E-state index in [4.69, 9.17) is 4.74 Å². The molecular weight excluding hydrogens is 354 g/mol.